The molecule has 1 aromatic rings. The summed E-state index contributed by atoms with van der Waals surface area (Å²) < 4.78 is 26.6. The van der Waals surface area contributed by atoms with E-state index in [0.29, 0.717) is 6.42 Å². The van der Waals surface area contributed by atoms with E-state index >= 15 is 0 Å². The summed E-state index contributed by atoms with van der Waals surface area (Å²) in [6.45, 7) is 4.99. The Balaban J connectivity index is 3.04. The Labute approximate surface area is 111 Å². The normalized spacial score (nSPS) is 15.3. The maximum absolute atomic E-state index is 12.1. The molecule has 0 spiro atoms. The quantitative estimate of drug-likeness (QED) is 0.839. The molecule has 0 aliphatic carbocycles. The minimum atomic E-state index is -3.78. The summed E-state index contributed by atoms with van der Waals surface area (Å²) in [4.78, 5) is 12.1. The molecule has 1 heterocycles. The third-order valence-corrected chi connectivity index (χ3v) is 5.65. The second kappa shape index (κ2) is 5.38. The molecule has 1 rings (SSSR count). The summed E-state index contributed by atoms with van der Waals surface area (Å²) in [5.74, 6) is -1.17. The highest BCUT2D eigenvalue weighted by molar-refractivity contribution is 7.91. The maximum atomic E-state index is 12.1. The van der Waals surface area contributed by atoms with Gasteiger partial charge in [0.1, 0.15) is 9.75 Å². The van der Waals surface area contributed by atoms with Crippen LogP contribution in [0.5, 0.6) is 0 Å². The van der Waals surface area contributed by atoms with E-state index in [1.165, 1.54) is 13.0 Å². The number of carboxylic acid groups (broad SMARTS) is 1. The molecule has 0 bridgehead atoms. The molecule has 5 nitrogen and oxygen atoms in total. The van der Waals surface area contributed by atoms with E-state index in [4.69, 9.17) is 5.11 Å². The van der Waals surface area contributed by atoms with Crippen LogP contribution >= 0.6 is 11.3 Å². The molecular formula is C11H17NO4S2. The van der Waals surface area contributed by atoms with Crippen LogP contribution in [-0.4, -0.2) is 25.0 Å². The Kier molecular flexibility index (Phi) is 4.52. The minimum Gasteiger partial charge on any atom is -0.480 e. The smallest absolute Gasteiger partial charge is 0.324 e. The molecule has 0 aliphatic heterocycles. The number of aliphatic carboxylic acids is 1. The highest BCUT2D eigenvalue weighted by Crippen LogP contribution is 2.23. The van der Waals surface area contributed by atoms with Crippen molar-refractivity contribution in [1.29, 1.82) is 0 Å². The van der Waals surface area contributed by atoms with Crippen LogP contribution in [0.3, 0.4) is 0 Å². The third-order valence-electron chi connectivity index (χ3n) is 2.56. The molecule has 1 atom stereocenters. The van der Waals surface area contributed by atoms with Gasteiger partial charge in [-0.3, -0.25) is 4.79 Å². The zero-order chi connectivity index (χ0) is 14.0. The van der Waals surface area contributed by atoms with Gasteiger partial charge in [-0.25, -0.2) is 8.42 Å². The first-order chi connectivity index (χ1) is 8.21. The lowest BCUT2D eigenvalue weighted by Gasteiger charge is -2.24. The van der Waals surface area contributed by atoms with Gasteiger partial charge in [0.2, 0.25) is 0 Å². The van der Waals surface area contributed by atoms with Crippen molar-refractivity contribution in [2.24, 2.45) is 0 Å². The predicted molar refractivity (Wildman–Crippen MR) is 70.3 cm³/mol. The van der Waals surface area contributed by atoms with E-state index in [-0.39, 0.29) is 10.6 Å². The van der Waals surface area contributed by atoms with Gasteiger partial charge in [-0.2, -0.15) is 4.72 Å². The summed E-state index contributed by atoms with van der Waals surface area (Å²) in [6, 6.07) is 3.17. The van der Waals surface area contributed by atoms with E-state index in [1.807, 2.05) is 6.92 Å². The standard InChI is InChI=1S/C11H17NO4S2/c1-4-7-11(3,10(13)14)12-18(15,16)9-6-5-8(2)17-9/h5-6,12H,4,7H2,1-3H3,(H,13,14). The molecule has 7 heteroatoms. The lowest BCUT2D eigenvalue weighted by molar-refractivity contribution is -0.143. The van der Waals surface area contributed by atoms with Crippen LogP contribution in [-0.2, 0) is 14.8 Å². The zero-order valence-electron chi connectivity index (χ0n) is 10.6. The number of carboxylic acids is 1. The largest absolute Gasteiger partial charge is 0.480 e. The second-order valence-corrected chi connectivity index (χ2v) is 7.55. The van der Waals surface area contributed by atoms with Crippen molar-refractivity contribution in [2.75, 3.05) is 0 Å². The van der Waals surface area contributed by atoms with Gasteiger partial charge in [0.25, 0.3) is 10.0 Å². The van der Waals surface area contributed by atoms with Crippen molar-refractivity contribution in [3.05, 3.63) is 17.0 Å². The van der Waals surface area contributed by atoms with Gasteiger partial charge in [-0.1, -0.05) is 13.3 Å². The minimum absolute atomic E-state index is 0.142. The zero-order valence-corrected chi connectivity index (χ0v) is 12.2. The average Bonchev–Trinajstić information content (AvgIpc) is 2.64. The fourth-order valence-electron chi connectivity index (χ4n) is 1.61. The van der Waals surface area contributed by atoms with E-state index in [1.54, 1.807) is 13.0 Å². The molecule has 0 saturated heterocycles. The van der Waals surface area contributed by atoms with Crippen molar-refractivity contribution >= 4 is 27.3 Å². The van der Waals surface area contributed by atoms with Crippen LogP contribution in [0.15, 0.2) is 16.3 Å². The number of rotatable bonds is 6. The Hall–Kier alpha value is -0.920. The molecule has 1 unspecified atom stereocenters. The number of thiophene rings is 1. The van der Waals surface area contributed by atoms with Gasteiger partial charge in [0.05, 0.1) is 0 Å². The van der Waals surface area contributed by atoms with Crippen LogP contribution in [0.2, 0.25) is 0 Å². The average molecular weight is 291 g/mol. The van der Waals surface area contributed by atoms with Crippen LogP contribution < -0.4 is 4.72 Å². The summed E-state index contributed by atoms with van der Waals surface area (Å²) in [7, 11) is -3.78. The Morgan fingerprint density at radius 3 is 2.50 bits per heavy atom. The van der Waals surface area contributed by atoms with E-state index < -0.39 is 21.5 Å². The van der Waals surface area contributed by atoms with Gasteiger partial charge < -0.3 is 5.11 Å². The summed E-state index contributed by atoms with van der Waals surface area (Å²) >= 11 is 1.12. The highest BCUT2D eigenvalue weighted by Gasteiger charge is 2.37. The monoisotopic (exact) mass is 291 g/mol. The van der Waals surface area contributed by atoms with Crippen molar-refractivity contribution in [2.45, 2.75) is 43.4 Å². The maximum Gasteiger partial charge on any atom is 0.324 e. The van der Waals surface area contributed by atoms with Crippen LogP contribution in [0.1, 0.15) is 31.6 Å². The lowest BCUT2D eigenvalue weighted by atomic mass is 9.98. The Morgan fingerprint density at radius 2 is 2.11 bits per heavy atom. The molecule has 0 saturated carbocycles. The van der Waals surface area contributed by atoms with Crippen LogP contribution in [0.4, 0.5) is 0 Å². The number of hydrogen-bond donors (Lipinski definition) is 2. The third kappa shape index (κ3) is 3.30. The number of carbonyl (C=O) groups is 1. The van der Waals surface area contributed by atoms with Gasteiger partial charge in [-0.15, -0.1) is 11.3 Å². The molecule has 18 heavy (non-hydrogen) atoms. The molecule has 0 amide bonds. The Bertz CT molecular complexity index is 535. The van der Waals surface area contributed by atoms with Gasteiger partial charge >= 0.3 is 5.97 Å². The van der Waals surface area contributed by atoms with E-state index in [2.05, 4.69) is 4.72 Å². The SMILES string of the molecule is CCCC(C)(NS(=O)(=O)c1ccc(C)s1)C(=O)O. The van der Waals surface area contributed by atoms with Crippen molar-refractivity contribution in [3.63, 3.8) is 0 Å². The fraction of sp³-hybridized carbons (Fsp3) is 0.545. The second-order valence-electron chi connectivity index (χ2n) is 4.36. The van der Waals surface area contributed by atoms with Crippen molar-refractivity contribution in [3.8, 4) is 0 Å². The van der Waals surface area contributed by atoms with Gasteiger partial charge in [0, 0.05) is 4.88 Å². The van der Waals surface area contributed by atoms with Crippen molar-refractivity contribution in [1.82, 2.24) is 4.72 Å². The van der Waals surface area contributed by atoms with Gasteiger partial charge in [0.15, 0.2) is 0 Å². The van der Waals surface area contributed by atoms with Gasteiger partial charge in [-0.05, 0) is 32.4 Å². The molecular weight excluding hydrogens is 274 g/mol. The first kappa shape index (κ1) is 15.1. The topological polar surface area (TPSA) is 83.5 Å². The number of nitrogens with one attached hydrogen (secondary N) is 1. The van der Waals surface area contributed by atoms with Crippen molar-refractivity contribution < 1.29 is 18.3 Å². The summed E-state index contributed by atoms with van der Waals surface area (Å²) in [5, 5.41) is 9.16. The number of sulfonamides is 1. The Morgan fingerprint density at radius 1 is 1.50 bits per heavy atom. The lowest BCUT2D eigenvalue weighted by Crippen LogP contribution is -2.51. The van der Waals surface area contributed by atoms with E-state index in [9.17, 15) is 13.2 Å². The van der Waals surface area contributed by atoms with Crippen LogP contribution in [0.25, 0.3) is 0 Å². The molecule has 1 aromatic heterocycles. The highest BCUT2D eigenvalue weighted by atomic mass is 32.2. The van der Waals surface area contributed by atoms with Crippen LogP contribution in [0, 0.1) is 6.92 Å². The molecule has 0 aliphatic rings. The number of hydrogen-bond acceptors (Lipinski definition) is 4. The number of aryl methyl sites for hydroxylation is 1. The molecule has 2 N–H and O–H groups in total. The molecule has 102 valence electrons. The predicted octanol–water partition coefficient (Wildman–Crippen LogP) is 1.98. The fourth-order valence-corrected chi connectivity index (χ4v) is 4.28. The van der Waals surface area contributed by atoms with E-state index in [0.717, 1.165) is 16.2 Å². The summed E-state index contributed by atoms with van der Waals surface area (Å²) in [5.41, 5.74) is -1.47. The molecule has 0 aromatic carbocycles. The first-order valence-corrected chi connectivity index (χ1v) is 7.85. The summed E-state index contributed by atoms with van der Waals surface area (Å²) in [6.07, 6.45) is 0.820. The molecule has 0 radical (unpaired) electrons. The first-order valence-electron chi connectivity index (χ1n) is 5.55. The molecule has 0 fully saturated rings.